The van der Waals surface area contributed by atoms with E-state index in [4.69, 9.17) is 0 Å². The van der Waals surface area contributed by atoms with Crippen LogP contribution in [-0.2, 0) is 4.79 Å². The molecule has 0 spiro atoms. The Hall–Kier alpha value is -0.620. The minimum atomic E-state index is -0.406. The third-order valence-electron chi connectivity index (χ3n) is 1.85. The molecule has 1 rings (SSSR count). The highest BCUT2D eigenvalue weighted by atomic mass is 32.2. The Balaban J connectivity index is 2.54. The zero-order valence-corrected chi connectivity index (χ0v) is 12.5. The van der Waals surface area contributed by atoms with Gasteiger partial charge in [-0.3, -0.25) is 4.79 Å². The summed E-state index contributed by atoms with van der Waals surface area (Å²) < 4.78 is 0.905. The molecule has 0 aliphatic carbocycles. The van der Waals surface area contributed by atoms with Gasteiger partial charge in [0, 0.05) is 11.2 Å². The van der Waals surface area contributed by atoms with Gasteiger partial charge in [-0.15, -0.1) is 10.2 Å². The minimum absolute atomic E-state index is 0.0333. The van der Waals surface area contributed by atoms with Crippen molar-refractivity contribution in [2.75, 3.05) is 11.1 Å². The highest BCUT2D eigenvalue weighted by Crippen LogP contribution is 2.27. The average Bonchev–Trinajstić information content (AvgIpc) is 2.61. The van der Waals surface area contributed by atoms with Gasteiger partial charge in [-0.2, -0.15) is 0 Å². The van der Waals surface area contributed by atoms with Crippen LogP contribution < -0.4 is 5.32 Å². The van der Waals surface area contributed by atoms with Crippen molar-refractivity contribution < 1.29 is 4.79 Å². The Labute approximate surface area is 111 Å². The fourth-order valence-electron chi connectivity index (χ4n) is 0.841. The molecule has 0 saturated carbocycles. The molecular formula is C11H19N3OS2. The van der Waals surface area contributed by atoms with E-state index < -0.39 is 5.41 Å². The van der Waals surface area contributed by atoms with Gasteiger partial charge in [-0.05, 0) is 5.92 Å². The van der Waals surface area contributed by atoms with Gasteiger partial charge in [-0.25, -0.2) is 0 Å². The molecule has 1 N–H and O–H groups in total. The van der Waals surface area contributed by atoms with Crippen LogP contribution in [0.1, 0.15) is 34.6 Å². The average molecular weight is 273 g/mol. The lowest BCUT2D eigenvalue weighted by atomic mass is 9.96. The molecule has 1 aromatic rings. The predicted octanol–water partition coefficient (Wildman–Crippen LogP) is 3.27. The van der Waals surface area contributed by atoms with E-state index in [0.29, 0.717) is 11.0 Å². The van der Waals surface area contributed by atoms with Gasteiger partial charge in [0.2, 0.25) is 11.0 Å². The molecule has 0 aromatic carbocycles. The summed E-state index contributed by atoms with van der Waals surface area (Å²) in [6.07, 6.45) is 0. The van der Waals surface area contributed by atoms with Crippen LogP contribution in [0.4, 0.5) is 5.13 Å². The standard InChI is InChI=1S/C11H19N3OS2/c1-7(2)6-16-10-14-13-9(17-10)12-8(15)11(3,4)5/h7H,6H2,1-5H3,(H,12,13,15). The Morgan fingerprint density at radius 2 is 2.06 bits per heavy atom. The van der Waals surface area contributed by atoms with E-state index in [1.54, 1.807) is 11.8 Å². The quantitative estimate of drug-likeness (QED) is 0.675. The van der Waals surface area contributed by atoms with E-state index >= 15 is 0 Å². The Morgan fingerprint density at radius 1 is 1.41 bits per heavy atom. The van der Waals surface area contributed by atoms with Crippen LogP contribution >= 0.6 is 23.1 Å². The number of aromatic nitrogens is 2. The molecule has 17 heavy (non-hydrogen) atoms. The summed E-state index contributed by atoms with van der Waals surface area (Å²) in [5.74, 6) is 1.60. The SMILES string of the molecule is CC(C)CSc1nnc(NC(=O)C(C)(C)C)s1. The van der Waals surface area contributed by atoms with Crippen LogP contribution in [0, 0.1) is 11.3 Å². The summed E-state index contributed by atoms with van der Waals surface area (Å²) in [5, 5.41) is 11.4. The summed E-state index contributed by atoms with van der Waals surface area (Å²) >= 11 is 3.11. The van der Waals surface area contributed by atoms with Crippen molar-refractivity contribution in [3.05, 3.63) is 0 Å². The maximum Gasteiger partial charge on any atom is 0.231 e. The fraction of sp³-hybridized carbons (Fsp3) is 0.727. The minimum Gasteiger partial charge on any atom is -0.300 e. The van der Waals surface area contributed by atoms with Gasteiger partial charge >= 0.3 is 0 Å². The van der Waals surface area contributed by atoms with Crippen molar-refractivity contribution in [2.45, 2.75) is 39.0 Å². The number of rotatable bonds is 4. The van der Waals surface area contributed by atoms with Gasteiger partial charge in [0.05, 0.1) is 0 Å². The van der Waals surface area contributed by atoms with Gasteiger partial charge in [0.15, 0.2) is 4.34 Å². The number of carbonyl (C=O) groups excluding carboxylic acids is 1. The molecule has 0 radical (unpaired) electrons. The first-order chi connectivity index (χ1) is 7.79. The molecule has 0 unspecified atom stereocenters. The van der Waals surface area contributed by atoms with E-state index in [1.165, 1.54) is 11.3 Å². The van der Waals surface area contributed by atoms with Crippen molar-refractivity contribution in [1.82, 2.24) is 10.2 Å². The van der Waals surface area contributed by atoms with E-state index in [-0.39, 0.29) is 5.91 Å². The van der Waals surface area contributed by atoms with E-state index in [1.807, 2.05) is 20.8 Å². The number of amides is 1. The molecule has 0 fully saturated rings. The normalized spacial score (nSPS) is 11.9. The number of nitrogens with zero attached hydrogens (tertiary/aromatic N) is 2. The lowest BCUT2D eigenvalue weighted by Gasteiger charge is -2.15. The maximum atomic E-state index is 11.7. The Morgan fingerprint density at radius 3 is 2.59 bits per heavy atom. The van der Waals surface area contributed by atoms with Gasteiger partial charge < -0.3 is 5.32 Å². The van der Waals surface area contributed by atoms with Gasteiger partial charge in [0.25, 0.3) is 0 Å². The van der Waals surface area contributed by atoms with Crippen molar-refractivity contribution in [1.29, 1.82) is 0 Å². The highest BCUT2D eigenvalue weighted by molar-refractivity contribution is 8.01. The molecule has 1 aromatic heterocycles. The first-order valence-electron chi connectivity index (χ1n) is 5.57. The summed E-state index contributed by atoms with van der Waals surface area (Å²) in [7, 11) is 0. The fourth-order valence-corrected chi connectivity index (χ4v) is 2.56. The largest absolute Gasteiger partial charge is 0.300 e. The van der Waals surface area contributed by atoms with Gasteiger partial charge in [0.1, 0.15) is 0 Å². The van der Waals surface area contributed by atoms with E-state index in [9.17, 15) is 4.79 Å². The molecule has 0 saturated heterocycles. The third kappa shape index (κ3) is 5.04. The summed E-state index contributed by atoms with van der Waals surface area (Å²) in [6, 6.07) is 0. The Bertz CT molecular complexity index is 382. The number of nitrogens with one attached hydrogen (secondary N) is 1. The first-order valence-corrected chi connectivity index (χ1v) is 7.37. The van der Waals surface area contributed by atoms with Crippen molar-refractivity contribution in [3.63, 3.8) is 0 Å². The van der Waals surface area contributed by atoms with Crippen LogP contribution in [0.15, 0.2) is 4.34 Å². The molecule has 1 amide bonds. The zero-order chi connectivity index (χ0) is 13.1. The topological polar surface area (TPSA) is 54.9 Å². The predicted molar refractivity (Wildman–Crippen MR) is 73.6 cm³/mol. The maximum absolute atomic E-state index is 11.7. The molecule has 0 aliphatic heterocycles. The van der Waals surface area contributed by atoms with Crippen LogP contribution in [0.3, 0.4) is 0 Å². The van der Waals surface area contributed by atoms with Crippen molar-refractivity contribution in [2.24, 2.45) is 11.3 Å². The number of carbonyl (C=O) groups is 1. The summed E-state index contributed by atoms with van der Waals surface area (Å²) in [4.78, 5) is 11.7. The molecular weight excluding hydrogens is 254 g/mol. The van der Waals surface area contributed by atoms with Crippen LogP contribution in [0.25, 0.3) is 0 Å². The summed E-state index contributed by atoms with van der Waals surface area (Å²) in [5.41, 5.74) is -0.406. The lowest BCUT2D eigenvalue weighted by Crippen LogP contribution is -2.27. The smallest absolute Gasteiger partial charge is 0.231 e. The lowest BCUT2D eigenvalue weighted by molar-refractivity contribution is -0.123. The molecule has 4 nitrogen and oxygen atoms in total. The molecule has 0 bridgehead atoms. The molecule has 0 aliphatic rings. The second kappa shape index (κ2) is 5.82. The van der Waals surface area contributed by atoms with Crippen molar-refractivity contribution in [3.8, 4) is 0 Å². The summed E-state index contributed by atoms with van der Waals surface area (Å²) in [6.45, 7) is 9.94. The third-order valence-corrected chi connectivity index (χ3v) is 4.25. The second-order valence-corrected chi connectivity index (χ2v) is 7.53. The number of anilines is 1. The molecule has 0 atom stereocenters. The first kappa shape index (κ1) is 14.4. The Kier molecular flexibility index (Phi) is 4.94. The molecule has 6 heteroatoms. The van der Waals surface area contributed by atoms with E-state index in [0.717, 1.165) is 10.1 Å². The zero-order valence-electron chi connectivity index (χ0n) is 10.9. The van der Waals surface area contributed by atoms with Crippen molar-refractivity contribution >= 4 is 34.1 Å². The number of hydrogen-bond acceptors (Lipinski definition) is 5. The van der Waals surface area contributed by atoms with Crippen LogP contribution in [0.2, 0.25) is 0 Å². The molecule has 1 heterocycles. The molecule has 96 valence electrons. The van der Waals surface area contributed by atoms with Crippen LogP contribution in [0.5, 0.6) is 0 Å². The van der Waals surface area contributed by atoms with Crippen LogP contribution in [-0.4, -0.2) is 21.9 Å². The monoisotopic (exact) mass is 273 g/mol. The van der Waals surface area contributed by atoms with Gasteiger partial charge in [-0.1, -0.05) is 57.7 Å². The van der Waals surface area contributed by atoms with E-state index in [2.05, 4.69) is 29.4 Å². The second-order valence-electron chi connectivity index (χ2n) is 5.28. The highest BCUT2D eigenvalue weighted by Gasteiger charge is 2.22. The number of hydrogen-bond donors (Lipinski definition) is 1. The number of thioether (sulfide) groups is 1.